The van der Waals surface area contributed by atoms with Crippen molar-refractivity contribution in [2.45, 2.75) is 37.6 Å². The van der Waals surface area contributed by atoms with Crippen LogP contribution < -0.4 is 5.73 Å². The number of furan rings is 1. The Balaban J connectivity index is 1.82. The molecule has 0 amide bonds. The third kappa shape index (κ3) is 2.54. The number of halogens is 3. The quantitative estimate of drug-likeness (QED) is 0.855. The van der Waals surface area contributed by atoms with Gasteiger partial charge in [-0.15, -0.1) is 0 Å². The number of rotatable bonds is 2. The molecule has 1 unspecified atom stereocenters. The molecule has 20 heavy (non-hydrogen) atoms. The average Bonchev–Trinajstić information content (AvgIpc) is 2.83. The predicted octanol–water partition coefficient (Wildman–Crippen LogP) is 4.91. The highest BCUT2D eigenvalue weighted by Crippen LogP contribution is 2.41. The Morgan fingerprint density at radius 1 is 1.30 bits per heavy atom. The molecule has 0 aliphatic heterocycles. The Bertz CT molecular complexity index is 615. The third-order valence-corrected chi connectivity index (χ3v) is 4.41. The van der Waals surface area contributed by atoms with Crippen LogP contribution in [0.25, 0.3) is 11.0 Å². The summed E-state index contributed by atoms with van der Waals surface area (Å²) in [6.07, 6.45) is 0.677. The summed E-state index contributed by atoms with van der Waals surface area (Å²) in [5.41, 5.74) is 6.80. The fourth-order valence-electron chi connectivity index (χ4n) is 2.87. The summed E-state index contributed by atoms with van der Waals surface area (Å²) in [6, 6.07) is 7.00. The van der Waals surface area contributed by atoms with Gasteiger partial charge < -0.3 is 10.2 Å². The van der Waals surface area contributed by atoms with E-state index in [4.69, 9.17) is 21.8 Å². The van der Waals surface area contributed by atoms with E-state index in [1.54, 1.807) is 6.07 Å². The molecule has 3 rings (SSSR count). The van der Waals surface area contributed by atoms with E-state index in [1.165, 1.54) is 0 Å². The summed E-state index contributed by atoms with van der Waals surface area (Å²) in [7, 11) is 0. The molecule has 1 aliphatic rings. The van der Waals surface area contributed by atoms with E-state index in [1.807, 2.05) is 18.2 Å². The number of hydrogen-bond acceptors (Lipinski definition) is 2. The monoisotopic (exact) mass is 299 g/mol. The van der Waals surface area contributed by atoms with Crippen molar-refractivity contribution in [1.29, 1.82) is 0 Å². The van der Waals surface area contributed by atoms with Crippen molar-refractivity contribution in [3.05, 3.63) is 35.0 Å². The second-order valence-corrected chi connectivity index (χ2v) is 5.93. The maximum atomic E-state index is 13.2. The van der Waals surface area contributed by atoms with Crippen molar-refractivity contribution in [3.8, 4) is 0 Å². The van der Waals surface area contributed by atoms with Gasteiger partial charge in [-0.3, -0.25) is 0 Å². The van der Waals surface area contributed by atoms with Crippen LogP contribution in [0.1, 0.15) is 37.5 Å². The van der Waals surface area contributed by atoms with Gasteiger partial charge in [-0.2, -0.15) is 0 Å². The zero-order valence-electron chi connectivity index (χ0n) is 10.9. The second kappa shape index (κ2) is 5.01. The third-order valence-electron chi connectivity index (χ3n) is 4.11. The fraction of sp³-hybridized carbons (Fsp3) is 0.467. The summed E-state index contributed by atoms with van der Waals surface area (Å²) in [5, 5.41) is 1.43. The van der Waals surface area contributed by atoms with Crippen LogP contribution in [0.2, 0.25) is 5.02 Å². The fourth-order valence-corrected chi connectivity index (χ4v) is 3.09. The van der Waals surface area contributed by atoms with Crippen LogP contribution in [-0.2, 0) is 0 Å². The molecule has 1 aromatic heterocycles. The minimum Gasteiger partial charge on any atom is -0.458 e. The van der Waals surface area contributed by atoms with Gasteiger partial charge in [0.15, 0.2) is 5.58 Å². The second-order valence-electron chi connectivity index (χ2n) is 5.53. The van der Waals surface area contributed by atoms with Crippen LogP contribution in [0, 0.1) is 5.92 Å². The number of hydrogen-bond donors (Lipinski definition) is 1. The number of benzene rings is 1. The van der Waals surface area contributed by atoms with Gasteiger partial charge in [-0.05, 0) is 30.9 Å². The lowest BCUT2D eigenvalue weighted by molar-refractivity contribution is -0.0489. The molecule has 1 heterocycles. The highest BCUT2D eigenvalue weighted by Gasteiger charge is 2.37. The van der Waals surface area contributed by atoms with Gasteiger partial charge in [0.2, 0.25) is 5.92 Å². The van der Waals surface area contributed by atoms with Crippen LogP contribution >= 0.6 is 11.6 Å². The summed E-state index contributed by atoms with van der Waals surface area (Å²) in [4.78, 5) is 0. The highest BCUT2D eigenvalue weighted by molar-refractivity contribution is 6.34. The Morgan fingerprint density at radius 3 is 2.65 bits per heavy atom. The van der Waals surface area contributed by atoms with E-state index in [9.17, 15) is 8.78 Å². The van der Waals surface area contributed by atoms with E-state index < -0.39 is 5.92 Å². The molecule has 1 saturated carbocycles. The van der Waals surface area contributed by atoms with E-state index in [0.29, 0.717) is 29.2 Å². The van der Waals surface area contributed by atoms with Gasteiger partial charge in [0.1, 0.15) is 5.76 Å². The molecule has 2 nitrogen and oxygen atoms in total. The van der Waals surface area contributed by atoms with Crippen molar-refractivity contribution in [2.75, 3.05) is 0 Å². The van der Waals surface area contributed by atoms with Crippen LogP contribution in [0.5, 0.6) is 0 Å². The van der Waals surface area contributed by atoms with Crippen molar-refractivity contribution in [3.63, 3.8) is 0 Å². The molecule has 1 aromatic carbocycles. The average molecular weight is 300 g/mol. The SMILES string of the molecule is NC(c1cc2cccc(Cl)c2o1)C1CCC(F)(F)CC1. The lowest BCUT2D eigenvalue weighted by Gasteiger charge is -2.31. The first-order valence-corrected chi connectivity index (χ1v) is 7.15. The summed E-state index contributed by atoms with van der Waals surface area (Å²) in [6.45, 7) is 0. The largest absolute Gasteiger partial charge is 0.458 e. The van der Waals surface area contributed by atoms with Crippen LogP contribution in [0.4, 0.5) is 8.78 Å². The summed E-state index contributed by atoms with van der Waals surface area (Å²) in [5.74, 6) is -1.87. The van der Waals surface area contributed by atoms with Gasteiger partial charge in [0, 0.05) is 18.2 Å². The molecule has 1 atom stereocenters. The van der Waals surface area contributed by atoms with E-state index in [0.717, 1.165) is 5.39 Å². The Kier molecular flexibility index (Phi) is 3.46. The summed E-state index contributed by atoms with van der Waals surface area (Å²) < 4.78 is 32.1. The zero-order chi connectivity index (χ0) is 14.3. The first-order valence-electron chi connectivity index (χ1n) is 6.78. The lowest BCUT2D eigenvalue weighted by atomic mass is 9.81. The number of nitrogens with two attached hydrogens (primary N) is 1. The van der Waals surface area contributed by atoms with Crippen LogP contribution in [0.15, 0.2) is 28.7 Å². The number of fused-ring (bicyclic) bond motifs is 1. The number of para-hydroxylation sites is 1. The maximum Gasteiger partial charge on any atom is 0.248 e. The Labute approximate surface area is 120 Å². The molecule has 0 radical (unpaired) electrons. The van der Waals surface area contributed by atoms with Gasteiger partial charge >= 0.3 is 0 Å². The highest BCUT2D eigenvalue weighted by atomic mass is 35.5. The van der Waals surface area contributed by atoms with Gasteiger partial charge in [-0.25, -0.2) is 8.78 Å². The van der Waals surface area contributed by atoms with Crippen molar-refractivity contribution >= 4 is 22.6 Å². The van der Waals surface area contributed by atoms with Gasteiger partial charge in [0.05, 0.1) is 11.1 Å². The molecule has 2 aromatic rings. The zero-order valence-corrected chi connectivity index (χ0v) is 11.7. The molecule has 0 spiro atoms. The van der Waals surface area contributed by atoms with Crippen molar-refractivity contribution in [1.82, 2.24) is 0 Å². The maximum absolute atomic E-state index is 13.2. The molecular weight excluding hydrogens is 284 g/mol. The Hall–Kier alpha value is -1.13. The molecule has 0 bridgehead atoms. The van der Waals surface area contributed by atoms with Gasteiger partial charge in [0.25, 0.3) is 0 Å². The van der Waals surface area contributed by atoms with Crippen molar-refractivity contribution < 1.29 is 13.2 Å². The minimum absolute atomic E-state index is 0.0361. The minimum atomic E-state index is -2.53. The summed E-state index contributed by atoms with van der Waals surface area (Å²) >= 11 is 6.06. The predicted molar refractivity (Wildman–Crippen MR) is 75.1 cm³/mol. The molecular formula is C15H16ClF2NO. The van der Waals surface area contributed by atoms with E-state index in [2.05, 4.69) is 0 Å². The molecule has 2 N–H and O–H groups in total. The van der Waals surface area contributed by atoms with E-state index in [-0.39, 0.29) is 24.8 Å². The first-order chi connectivity index (χ1) is 9.46. The topological polar surface area (TPSA) is 39.2 Å². The number of alkyl halides is 2. The molecule has 108 valence electrons. The molecule has 1 fully saturated rings. The normalized spacial score (nSPS) is 21.2. The van der Waals surface area contributed by atoms with Crippen LogP contribution in [0.3, 0.4) is 0 Å². The van der Waals surface area contributed by atoms with E-state index >= 15 is 0 Å². The lowest BCUT2D eigenvalue weighted by Crippen LogP contribution is -2.30. The molecule has 1 aliphatic carbocycles. The standard InChI is InChI=1S/C15H16ClF2NO/c16-11-3-1-2-10-8-12(20-14(10)11)13(19)9-4-6-15(17,18)7-5-9/h1-3,8-9,13H,4-7,19H2. The van der Waals surface area contributed by atoms with Crippen LogP contribution in [-0.4, -0.2) is 5.92 Å². The molecule has 5 heteroatoms. The van der Waals surface area contributed by atoms with Crippen molar-refractivity contribution in [2.24, 2.45) is 11.7 Å². The smallest absolute Gasteiger partial charge is 0.248 e. The first kappa shape index (κ1) is 13.8. The van der Waals surface area contributed by atoms with Gasteiger partial charge in [-0.1, -0.05) is 23.7 Å². The Morgan fingerprint density at radius 2 is 2.00 bits per heavy atom. The molecule has 0 saturated heterocycles.